The van der Waals surface area contributed by atoms with E-state index in [0.29, 0.717) is 0 Å². The molecule has 0 aliphatic heterocycles. The van der Waals surface area contributed by atoms with Crippen molar-refractivity contribution in [3.63, 3.8) is 0 Å². The molecule has 0 radical (unpaired) electrons. The number of nitrogens with one attached hydrogen (secondary N) is 1. The van der Waals surface area contributed by atoms with Gasteiger partial charge in [0.05, 0.1) is 5.16 Å². The number of aliphatic imine (C=N–C) groups is 1. The molecule has 0 aliphatic rings. The molecule has 14 heavy (non-hydrogen) atoms. The SMILES string of the molecule is CNC(=O)Oc1nccnc1N=C=S. The minimum atomic E-state index is -0.647. The van der Waals surface area contributed by atoms with Crippen LogP contribution in [0.4, 0.5) is 10.6 Å². The van der Waals surface area contributed by atoms with Crippen LogP contribution in [-0.4, -0.2) is 28.3 Å². The minimum absolute atomic E-state index is 0.01000. The normalized spacial score (nSPS) is 8.64. The second-order valence-electron chi connectivity index (χ2n) is 2.03. The highest BCUT2D eigenvalue weighted by atomic mass is 32.1. The fourth-order valence-electron chi connectivity index (χ4n) is 0.649. The summed E-state index contributed by atoms with van der Waals surface area (Å²) < 4.78 is 4.74. The monoisotopic (exact) mass is 210 g/mol. The molecule has 0 aliphatic carbocycles. The van der Waals surface area contributed by atoms with Gasteiger partial charge in [0.2, 0.25) is 5.82 Å². The van der Waals surface area contributed by atoms with Gasteiger partial charge in [-0.15, -0.1) is 0 Å². The number of carbonyl (C=O) groups is 1. The van der Waals surface area contributed by atoms with Gasteiger partial charge in [0.1, 0.15) is 0 Å². The average molecular weight is 210 g/mol. The van der Waals surface area contributed by atoms with Gasteiger partial charge in [0, 0.05) is 19.4 Å². The van der Waals surface area contributed by atoms with E-state index in [2.05, 4.69) is 37.7 Å². The van der Waals surface area contributed by atoms with E-state index in [4.69, 9.17) is 4.74 Å². The van der Waals surface area contributed by atoms with Crippen molar-refractivity contribution in [2.75, 3.05) is 7.05 Å². The van der Waals surface area contributed by atoms with Gasteiger partial charge in [-0.25, -0.2) is 14.8 Å². The molecule has 0 unspecified atom stereocenters. The molecule has 7 heteroatoms. The van der Waals surface area contributed by atoms with E-state index >= 15 is 0 Å². The van der Waals surface area contributed by atoms with E-state index in [0.717, 1.165) is 0 Å². The Morgan fingerprint density at radius 2 is 2.36 bits per heavy atom. The van der Waals surface area contributed by atoms with E-state index in [9.17, 15) is 4.79 Å². The van der Waals surface area contributed by atoms with Crippen molar-refractivity contribution in [3.8, 4) is 5.88 Å². The summed E-state index contributed by atoms with van der Waals surface area (Å²) in [5.74, 6) is 0.107. The van der Waals surface area contributed by atoms with E-state index in [1.165, 1.54) is 19.4 Å². The van der Waals surface area contributed by atoms with Crippen molar-refractivity contribution >= 4 is 29.3 Å². The van der Waals surface area contributed by atoms with Crippen LogP contribution in [0.5, 0.6) is 5.88 Å². The highest BCUT2D eigenvalue weighted by Gasteiger charge is 2.08. The lowest BCUT2D eigenvalue weighted by molar-refractivity contribution is 0.201. The van der Waals surface area contributed by atoms with Crippen LogP contribution in [0, 0.1) is 0 Å². The predicted octanol–water partition coefficient (Wildman–Crippen LogP) is 0.929. The lowest BCUT2D eigenvalue weighted by atomic mass is 10.6. The van der Waals surface area contributed by atoms with Crippen molar-refractivity contribution in [2.45, 2.75) is 0 Å². The highest BCUT2D eigenvalue weighted by Crippen LogP contribution is 2.19. The highest BCUT2D eigenvalue weighted by molar-refractivity contribution is 7.78. The molecule has 1 N–H and O–H groups in total. The fraction of sp³-hybridized carbons (Fsp3) is 0.143. The molecule has 1 aromatic rings. The molecule has 0 atom stereocenters. The number of hydrogen-bond donors (Lipinski definition) is 1. The maximum atomic E-state index is 10.8. The molecular formula is C7H6N4O2S. The van der Waals surface area contributed by atoms with E-state index in [1.54, 1.807) is 0 Å². The molecule has 0 spiro atoms. The zero-order valence-corrected chi connectivity index (χ0v) is 8.04. The molecule has 0 bridgehead atoms. The number of rotatable bonds is 2. The Bertz CT molecular complexity index is 389. The van der Waals surface area contributed by atoms with Crippen LogP contribution >= 0.6 is 12.2 Å². The Morgan fingerprint density at radius 1 is 1.64 bits per heavy atom. The predicted molar refractivity (Wildman–Crippen MR) is 51.8 cm³/mol. The van der Waals surface area contributed by atoms with Crippen LogP contribution in [0.15, 0.2) is 17.4 Å². The number of nitrogens with zero attached hydrogens (tertiary/aromatic N) is 3. The Balaban J connectivity index is 2.95. The number of ether oxygens (including phenoxy) is 1. The molecule has 0 fully saturated rings. The van der Waals surface area contributed by atoms with Gasteiger partial charge < -0.3 is 10.1 Å². The number of amides is 1. The van der Waals surface area contributed by atoms with Crippen LogP contribution in [0.2, 0.25) is 0 Å². The second-order valence-corrected chi connectivity index (χ2v) is 2.21. The van der Waals surface area contributed by atoms with Crippen molar-refractivity contribution in [2.24, 2.45) is 4.99 Å². The van der Waals surface area contributed by atoms with Gasteiger partial charge in [-0.2, -0.15) is 4.99 Å². The number of aromatic nitrogens is 2. The number of isothiocyanates is 1. The van der Waals surface area contributed by atoms with Crippen LogP contribution in [0.1, 0.15) is 0 Å². The fourth-order valence-corrected chi connectivity index (χ4v) is 0.735. The third-order valence-electron chi connectivity index (χ3n) is 1.19. The van der Waals surface area contributed by atoms with Crippen LogP contribution in [0.25, 0.3) is 0 Å². The molecule has 1 rings (SSSR count). The Labute approximate surface area is 85.0 Å². The topological polar surface area (TPSA) is 76.5 Å². The summed E-state index contributed by atoms with van der Waals surface area (Å²) in [6.07, 6.45) is 2.13. The van der Waals surface area contributed by atoms with Gasteiger partial charge >= 0.3 is 6.09 Å². The minimum Gasteiger partial charge on any atom is -0.387 e. The molecule has 1 aromatic heterocycles. The zero-order chi connectivity index (χ0) is 10.4. The van der Waals surface area contributed by atoms with Crippen LogP contribution in [0.3, 0.4) is 0 Å². The Kier molecular flexibility index (Phi) is 3.66. The van der Waals surface area contributed by atoms with Gasteiger partial charge in [-0.05, 0) is 12.2 Å². The van der Waals surface area contributed by atoms with Crippen molar-refractivity contribution in [3.05, 3.63) is 12.4 Å². The van der Waals surface area contributed by atoms with E-state index in [1.807, 2.05) is 0 Å². The summed E-state index contributed by atoms with van der Waals surface area (Å²) in [5, 5.41) is 4.38. The van der Waals surface area contributed by atoms with Gasteiger partial charge in [0.25, 0.3) is 5.88 Å². The maximum absolute atomic E-state index is 10.8. The molecule has 6 nitrogen and oxygen atoms in total. The average Bonchev–Trinajstić information content (AvgIpc) is 2.21. The van der Waals surface area contributed by atoms with Gasteiger partial charge in [-0.3, -0.25) is 0 Å². The Morgan fingerprint density at radius 3 is 3.00 bits per heavy atom. The van der Waals surface area contributed by atoms with Crippen molar-refractivity contribution in [1.82, 2.24) is 15.3 Å². The molecule has 1 heterocycles. The summed E-state index contributed by atoms with van der Waals surface area (Å²) in [7, 11) is 1.43. The first-order valence-corrected chi connectivity index (χ1v) is 3.97. The largest absolute Gasteiger partial charge is 0.413 e. The standard InChI is InChI=1S/C7H6N4O2S/c1-8-7(12)13-6-5(11-4-14)9-2-3-10-6/h2-3H,1H3,(H,8,12). The lowest BCUT2D eigenvalue weighted by Gasteiger charge is -2.02. The summed E-state index contributed by atoms with van der Waals surface area (Å²) >= 11 is 4.40. The molecule has 0 saturated heterocycles. The molecule has 1 amide bonds. The zero-order valence-electron chi connectivity index (χ0n) is 7.22. The Hall–Kier alpha value is -1.85. The van der Waals surface area contributed by atoms with Gasteiger partial charge in [-0.1, -0.05) is 0 Å². The second kappa shape index (κ2) is 5.00. The first kappa shape index (κ1) is 10.2. The van der Waals surface area contributed by atoms with Crippen LogP contribution in [-0.2, 0) is 0 Å². The van der Waals surface area contributed by atoms with Crippen molar-refractivity contribution < 1.29 is 9.53 Å². The smallest absolute Gasteiger partial charge is 0.387 e. The molecule has 72 valence electrons. The molecule has 0 saturated carbocycles. The van der Waals surface area contributed by atoms with E-state index < -0.39 is 6.09 Å². The summed E-state index contributed by atoms with van der Waals surface area (Å²) in [4.78, 5) is 22.0. The number of carbonyl (C=O) groups excluding carboxylic acids is 1. The maximum Gasteiger partial charge on any atom is 0.413 e. The molecular weight excluding hydrogens is 204 g/mol. The summed E-state index contributed by atoms with van der Waals surface area (Å²) in [6, 6.07) is 0. The first-order chi connectivity index (χ1) is 6.77. The first-order valence-electron chi connectivity index (χ1n) is 3.56. The van der Waals surface area contributed by atoms with Gasteiger partial charge in [0.15, 0.2) is 0 Å². The van der Waals surface area contributed by atoms with E-state index in [-0.39, 0.29) is 11.7 Å². The van der Waals surface area contributed by atoms with Crippen molar-refractivity contribution in [1.29, 1.82) is 0 Å². The summed E-state index contributed by atoms with van der Waals surface area (Å²) in [6.45, 7) is 0. The van der Waals surface area contributed by atoms with Crippen LogP contribution < -0.4 is 10.1 Å². The summed E-state index contributed by atoms with van der Waals surface area (Å²) in [5.41, 5.74) is 0. The number of thiocarbonyl (C=S) groups is 1. The molecule has 0 aromatic carbocycles. The number of hydrogen-bond acceptors (Lipinski definition) is 6. The third-order valence-corrected chi connectivity index (χ3v) is 1.28. The lowest BCUT2D eigenvalue weighted by Crippen LogP contribution is -2.22. The third kappa shape index (κ3) is 2.58. The quantitative estimate of drug-likeness (QED) is 0.580.